The van der Waals surface area contributed by atoms with Crippen LogP contribution >= 0.6 is 11.7 Å². The second-order valence-electron chi connectivity index (χ2n) is 5.46. The highest BCUT2D eigenvalue weighted by Gasteiger charge is 2.12. The number of benzene rings is 1. The summed E-state index contributed by atoms with van der Waals surface area (Å²) in [4.78, 5) is 23.7. The Kier molecular flexibility index (Phi) is 4.97. The first kappa shape index (κ1) is 15.6. The Balaban J connectivity index is 1.53. The Labute approximate surface area is 137 Å². The van der Waals surface area contributed by atoms with Crippen molar-refractivity contribution in [2.75, 3.05) is 11.9 Å². The van der Waals surface area contributed by atoms with Gasteiger partial charge in [-0.15, -0.1) is 0 Å². The molecule has 2 aromatic rings. The van der Waals surface area contributed by atoms with Crippen molar-refractivity contribution in [2.45, 2.75) is 32.1 Å². The molecule has 1 aromatic carbocycles. The van der Waals surface area contributed by atoms with Gasteiger partial charge in [-0.05, 0) is 37.8 Å². The van der Waals surface area contributed by atoms with Gasteiger partial charge in [0, 0.05) is 6.08 Å². The van der Waals surface area contributed by atoms with Gasteiger partial charge in [-0.1, -0.05) is 18.1 Å². The van der Waals surface area contributed by atoms with Crippen molar-refractivity contribution in [3.63, 3.8) is 0 Å². The normalized spacial score (nSPS) is 14.5. The van der Waals surface area contributed by atoms with E-state index in [9.17, 15) is 9.59 Å². The van der Waals surface area contributed by atoms with E-state index in [4.69, 9.17) is 4.74 Å². The number of amides is 1. The largest absolute Gasteiger partial charge is 0.452 e. The lowest BCUT2D eigenvalue weighted by Crippen LogP contribution is -2.20. The third-order valence-electron chi connectivity index (χ3n) is 3.72. The number of hydrogen-bond donors (Lipinski definition) is 1. The van der Waals surface area contributed by atoms with E-state index < -0.39 is 5.97 Å². The van der Waals surface area contributed by atoms with Gasteiger partial charge in [-0.2, -0.15) is 8.75 Å². The molecular weight excluding hydrogens is 314 g/mol. The molecule has 1 aliphatic rings. The average Bonchev–Trinajstić information content (AvgIpc) is 3.04. The van der Waals surface area contributed by atoms with Gasteiger partial charge in [0.05, 0.1) is 17.4 Å². The summed E-state index contributed by atoms with van der Waals surface area (Å²) in [6.07, 6.45) is 6.86. The summed E-state index contributed by atoms with van der Waals surface area (Å²) in [5.74, 6) is -0.841. The molecule has 120 valence electrons. The summed E-state index contributed by atoms with van der Waals surface area (Å²) >= 11 is 1.09. The Morgan fingerprint density at radius 2 is 2.04 bits per heavy atom. The number of ether oxygens (including phenoxy) is 1. The van der Waals surface area contributed by atoms with E-state index in [1.165, 1.54) is 12.5 Å². The number of aromatic nitrogens is 2. The van der Waals surface area contributed by atoms with Crippen LogP contribution in [0.1, 0.15) is 32.1 Å². The Hall–Kier alpha value is -2.28. The molecule has 0 bridgehead atoms. The topological polar surface area (TPSA) is 81.2 Å². The number of nitrogens with one attached hydrogen (secondary N) is 1. The summed E-state index contributed by atoms with van der Waals surface area (Å²) in [6.45, 7) is -0.309. The van der Waals surface area contributed by atoms with E-state index >= 15 is 0 Å². The van der Waals surface area contributed by atoms with E-state index in [0.29, 0.717) is 11.2 Å². The van der Waals surface area contributed by atoms with E-state index in [0.717, 1.165) is 48.5 Å². The first-order valence-corrected chi connectivity index (χ1v) is 8.33. The molecule has 0 spiro atoms. The van der Waals surface area contributed by atoms with Crippen LogP contribution in [0.2, 0.25) is 0 Å². The number of carbonyl (C=O) groups is 2. The average molecular weight is 331 g/mol. The maximum absolute atomic E-state index is 11.9. The van der Waals surface area contributed by atoms with Gasteiger partial charge in [0.25, 0.3) is 5.91 Å². The lowest BCUT2D eigenvalue weighted by atomic mass is 9.95. The fourth-order valence-electron chi connectivity index (χ4n) is 2.59. The molecule has 1 N–H and O–H groups in total. The molecule has 1 saturated carbocycles. The van der Waals surface area contributed by atoms with Crippen molar-refractivity contribution >= 4 is 40.3 Å². The van der Waals surface area contributed by atoms with Crippen LogP contribution in [0.3, 0.4) is 0 Å². The highest BCUT2D eigenvalue weighted by atomic mass is 32.1. The Morgan fingerprint density at radius 1 is 1.22 bits per heavy atom. The second-order valence-corrected chi connectivity index (χ2v) is 5.99. The summed E-state index contributed by atoms with van der Waals surface area (Å²) in [5.41, 5.74) is 3.05. The second kappa shape index (κ2) is 7.32. The van der Waals surface area contributed by atoms with Gasteiger partial charge in [0.2, 0.25) is 0 Å². The maximum Gasteiger partial charge on any atom is 0.331 e. The van der Waals surface area contributed by atoms with Crippen LogP contribution in [0.15, 0.2) is 29.8 Å². The number of carbonyl (C=O) groups excluding carboxylic acids is 2. The van der Waals surface area contributed by atoms with Crippen molar-refractivity contribution in [1.82, 2.24) is 8.75 Å². The fraction of sp³-hybridized carbons (Fsp3) is 0.375. The smallest absolute Gasteiger partial charge is 0.331 e. The molecule has 6 nitrogen and oxygen atoms in total. The number of fused-ring (bicyclic) bond motifs is 1. The molecule has 0 aliphatic heterocycles. The molecule has 23 heavy (non-hydrogen) atoms. The molecule has 3 rings (SSSR count). The monoisotopic (exact) mass is 331 g/mol. The highest BCUT2D eigenvalue weighted by Crippen LogP contribution is 2.23. The van der Waals surface area contributed by atoms with E-state index in [1.54, 1.807) is 12.1 Å². The zero-order valence-electron chi connectivity index (χ0n) is 12.6. The third-order valence-corrected chi connectivity index (χ3v) is 4.27. The van der Waals surface area contributed by atoms with Gasteiger partial charge in [-0.25, -0.2) is 4.79 Å². The molecule has 0 unspecified atom stereocenters. The zero-order chi connectivity index (χ0) is 16.1. The summed E-state index contributed by atoms with van der Waals surface area (Å²) in [7, 11) is 0. The van der Waals surface area contributed by atoms with Crippen molar-refractivity contribution < 1.29 is 14.3 Å². The van der Waals surface area contributed by atoms with Crippen LogP contribution < -0.4 is 5.32 Å². The number of nitrogens with zero attached hydrogens (tertiary/aromatic N) is 2. The number of anilines is 1. The van der Waals surface area contributed by atoms with E-state index in [2.05, 4.69) is 14.1 Å². The Morgan fingerprint density at radius 3 is 2.87 bits per heavy atom. The lowest BCUT2D eigenvalue weighted by molar-refractivity contribution is -0.142. The highest BCUT2D eigenvalue weighted by molar-refractivity contribution is 7.00. The molecule has 1 aliphatic carbocycles. The van der Waals surface area contributed by atoms with Crippen molar-refractivity contribution in [1.29, 1.82) is 0 Å². The van der Waals surface area contributed by atoms with Crippen molar-refractivity contribution in [3.8, 4) is 0 Å². The minimum atomic E-state index is -0.453. The van der Waals surface area contributed by atoms with Gasteiger partial charge in [0.15, 0.2) is 6.61 Å². The molecule has 1 fully saturated rings. The molecular formula is C16H17N3O3S. The minimum absolute atomic E-state index is 0.309. The molecule has 0 saturated heterocycles. The zero-order valence-corrected chi connectivity index (χ0v) is 13.4. The standard InChI is InChI=1S/C16H17N3O3S/c20-14(10-22-15(21)9-11-5-2-1-3-6-11)17-12-7-4-8-13-16(12)19-23-18-13/h4,7-9H,1-3,5-6,10H2,(H,17,20). The predicted octanol–water partition coefficient (Wildman–Crippen LogP) is 3.06. The van der Waals surface area contributed by atoms with Gasteiger partial charge in [-0.3, -0.25) is 4.79 Å². The SMILES string of the molecule is O=C(COC(=O)C=C1CCCCC1)Nc1cccc2nsnc12. The van der Waals surface area contributed by atoms with Crippen LogP contribution in [-0.4, -0.2) is 27.2 Å². The summed E-state index contributed by atoms with van der Waals surface area (Å²) in [6, 6.07) is 5.36. The van der Waals surface area contributed by atoms with Crippen LogP contribution in [-0.2, 0) is 14.3 Å². The van der Waals surface area contributed by atoms with E-state index in [1.807, 2.05) is 6.07 Å². The number of allylic oxidation sites excluding steroid dienone is 1. The summed E-state index contributed by atoms with van der Waals surface area (Å²) in [5, 5.41) is 2.70. The molecule has 0 radical (unpaired) electrons. The molecule has 1 heterocycles. The van der Waals surface area contributed by atoms with Gasteiger partial charge < -0.3 is 10.1 Å². The lowest BCUT2D eigenvalue weighted by Gasteiger charge is -2.12. The molecule has 1 aromatic heterocycles. The van der Waals surface area contributed by atoms with Gasteiger partial charge in [0.1, 0.15) is 11.0 Å². The maximum atomic E-state index is 11.9. The predicted molar refractivity (Wildman–Crippen MR) is 88.2 cm³/mol. The van der Waals surface area contributed by atoms with Crippen LogP contribution in [0.25, 0.3) is 11.0 Å². The van der Waals surface area contributed by atoms with Crippen LogP contribution in [0, 0.1) is 0 Å². The van der Waals surface area contributed by atoms with Crippen molar-refractivity contribution in [3.05, 3.63) is 29.8 Å². The van der Waals surface area contributed by atoms with Gasteiger partial charge >= 0.3 is 5.97 Å². The molecule has 1 amide bonds. The number of hydrogen-bond acceptors (Lipinski definition) is 6. The molecule has 7 heteroatoms. The third kappa shape index (κ3) is 4.13. The minimum Gasteiger partial charge on any atom is -0.452 e. The first-order chi connectivity index (χ1) is 11.2. The fourth-order valence-corrected chi connectivity index (χ4v) is 3.14. The number of esters is 1. The van der Waals surface area contributed by atoms with Crippen LogP contribution in [0.5, 0.6) is 0 Å². The molecule has 0 atom stereocenters. The van der Waals surface area contributed by atoms with E-state index in [-0.39, 0.29) is 12.5 Å². The summed E-state index contributed by atoms with van der Waals surface area (Å²) < 4.78 is 13.3. The first-order valence-electron chi connectivity index (χ1n) is 7.60. The quantitative estimate of drug-likeness (QED) is 0.688. The number of rotatable bonds is 4. The van der Waals surface area contributed by atoms with Crippen LogP contribution in [0.4, 0.5) is 5.69 Å². The van der Waals surface area contributed by atoms with Crippen molar-refractivity contribution in [2.24, 2.45) is 0 Å². The Bertz CT molecular complexity index is 746.